The molecule has 0 saturated carbocycles. The number of aryl methyl sites for hydroxylation is 1. The predicted molar refractivity (Wildman–Crippen MR) is 86.7 cm³/mol. The first kappa shape index (κ1) is 15.4. The summed E-state index contributed by atoms with van der Waals surface area (Å²) in [4.78, 5) is 4.65. The van der Waals surface area contributed by atoms with Crippen LogP contribution in [-0.2, 0) is 16.4 Å². The number of anilines is 1. The zero-order valence-electron chi connectivity index (χ0n) is 11.4. The number of rotatable bonds is 5. The molecule has 1 heterocycles. The average Bonchev–Trinajstić information content (AvgIpc) is 2.38. The molecule has 1 aromatic carbocycles. The number of pyridine rings is 1. The van der Waals surface area contributed by atoms with Crippen LogP contribution < -0.4 is 10.5 Å². The summed E-state index contributed by atoms with van der Waals surface area (Å²) >= 11 is 4.82. The van der Waals surface area contributed by atoms with Crippen LogP contribution in [0.5, 0.6) is 0 Å². The third-order valence-corrected chi connectivity index (χ3v) is 4.25. The van der Waals surface area contributed by atoms with E-state index < -0.39 is 10.0 Å². The van der Waals surface area contributed by atoms with Crippen molar-refractivity contribution in [2.75, 3.05) is 4.72 Å². The zero-order chi connectivity index (χ0) is 15.5. The molecule has 0 aliphatic rings. The minimum atomic E-state index is -3.65. The smallest absolute Gasteiger partial charge is 0.263 e. The van der Waals surface area contributed by atoms with Gasteiger partial charge in [0.05, 0.1) is 9.88 Å². The molecule has 110 valence electrons. The van der Waals surface area contributed by atoms with Gasteiger partial charge >= 0.3 is 0 Å². The number of nitrogens with one attached hydrogen (secondary N) is 1. The van der Waals surface area contributed by atoms with Gasteiger partial charge in [-0.15, -0.1) is 0 Å². The minimum Gasteiger partial charge on any atom is -0.393 e. The fourth-order valence-corrected chi connectivity index (χ4v) is 2.95. The molecule has 0 spiro atoms. The Hall–Kier alpha value is -1.99. The van der Waals surface area contributed by atoms with Crippen molar-refractivity contribution >= 4 is 33.0 Å². The van der Waals surface area contributed by atoms with Gasteiger partial charge in [0.1, 0.15) is 5.82 Å². The molecule has 0 unspecified atom stereocenters. The Morgan fingerprint density at radius 2 is 1.90 bits per heavy atom. The standard InChI is InChI=1S/C14H15N3O2S2/c1-10-3-2-4-14(16-10)17-21(18,19)12-7-5-11(6-8-12)9-13(15)20/h2-8H,9H2,1H3,(H2,15,20)(H,16,17). The van der Waals surface area contributed by atoms with Crippen molar-refractivity contribution < 1.29 is 8.42 Å². The summed E-state index contributed by atoms with van der Waals surface area (Å²) in [6.45, 7) is 1.79. The summed E-state index contributed by atoms with van der Waals surface area (Å²) in [7, 11) is -3.65. The predicted octanol–water partition coefficient (Wildman–Crippen LogP) is 2.02. The van der Waals surface area contributed by atoms with Crippen LogP contribution in [0.25, 0.3) is 0 Å². The van der Waals surface area contributed by atoms with Crippen molar-refractivity contribution in [1.82, 2.24) is 4.98 Å². The molecule has 0 fully saturated rings. The van der Waals surface area contributed by atoms with Crippen molar-refractivity contribution in [2.45, 2.75) is 18.2 Å². The second-order valence-corrected chi connectivity index (χ2v) is 6.76. The van der Waals surface area contributed by atoms with E-state index in [2.05, 4.69) is 9.71 Å². The van der Waals surface area contributed by atoms with Gasteiger partial charge in [0.2, 0.25) is 0 Å². The van der Waals surface area contributed by atoms with E-state index in [-0.39, 0.29) is 4.90 Å². The molecule has 0 atom stereocenters. The Kier molecular flexibility index (Phi) is 4.54. The molecule has 3 N–H and O–H groups in total. The molecule has 0 radical (unpaired) electrons. The average molecular weight is 321 g/mol. The van der Waals surface area contributed by atoms with Gasteiger partial charge < -0.3 is 5.73 Å². The number of hydrogen-bond donors (Lipinski definition) is 2. The second kappa shape index (κ2) is 6.19. The van der Waals surface area contributed by atoms with Gasteiger partial charge in [-0.3, -0.25) is 4.72 Å². The highest BCUT2D eigenvalue weighted by atomic mass is 32.2. The summed E-state index contributed by atoms with van der Waals surface area (Å²) < 4.78 is 26.9. The molecular formula is C14H15N3O2S2. The van der Waals surface area contributed by atoms with Crippen LogP contribution in [0.1, 0.15) is 11.3 Å². The highest BCUT2D eigenvalue weighted by Gasteiger charge is 2.14. The molecule has 0 amide bonds. The molecule has 5 nitrogen and oxygen atoms in total. The van der Waals surface area contributed by atoms with Crippen LogP contribution in [-0.4, -0.2) is 18.4 Å². The Morgan fingerprint density at radius 3 is 2.48 bits per heavy atom. The number of hydrogen-bond acceptors (Lipinski definition) is 4. The number of nitrogens with two attached hydrogens (primary N) is 1. The maximum atomic E-state index is 12.2. The van der Waals surface area contributed by atoms with Crippen molar-refractivity contribution in [3.8, 4) is 0 Å². The number of sulfonamides is 1. The quantitative estimate of drug-likeness (QED) is 0.823. The second-order valence-electron chi connectivity index (χ2n) is 4.56. The van der Waals surface area contributed by atoms with E-state index in [9.17, 15) is 8.42 Å². The van der Waals surface area contributed by atoms with Crippen molar-refractivity contribution in [3.05, 3.63) is 53.7 Å². The van der Waals surface area contributed by atoms with E-state index in [1.54, 1.807) is 37.3 Å². The topological polar surface area (TPSA) is 85.1 Å². The van der Waals surface area contributed by atoms with Crippen molar-refractivity contribution in [2.24, 2.45) is 5.73 Å². The molecule has 0 aliphatic heterocycles. The van der Waals surface area contributed by atoms with Crippen LogP contribution in [0.2, 0.25) is 0 Å². The van der Waals surface area contributed by atoms with E-state index in [1.807, 2.05) is 0 Å². The Morgan fingerprint density at radius 1 is 1.24 bits per heavy atom. The van der Waals surface area contributed by atoms with E-state index in [4.69, 9.17) is 18.0 Å². The summed E-state index contributed by atoms with van der Waals surface area (Å²) in [6, 6.07) is 11.6. The lowest BCUT2D eigenvalue weighted by Gasteiger charge is -2.08. The summed E-state index contributed by atoms with van der Waals surface area (Å²) in [5, 5.41) is 0. The fraction of sp³-hybridized carbons (Fsp3) is 0.143. The first-order valence-electron chi connectivity index (χ1n) is 6.20. The molecule has 21 heavy (non-hydrogen) atoms. The number of aromatic nitrogens is 1. The Balaban J connectivity index is 2.21. The lowest BCUT2D eigenvalue weighted by atomic mass is 10.1. The summed E-state index contributed by atoms with van der Waals surface area (Å²) in [5.74, 6) is 0.294. The number of thiocarbonyl (C=S) groups is 1. The molecule has 2 rings (SSSR count). The fourth-order valence-electron chi connectivity index (χ4n) is 1.78. The molecule has 0 bridgehead atoms. The van der Waals surface area contributed by atoms with Crippen LogP contribution in [0.3, 0.4) is 0 Å². The first-order valence-corrected chi connectivity index (χ1v) is 8.10. The summed E-state index contributed by atoms with van der Waals surface area (Å²) in [5.41, 5.74) is 7.07. The Bertz CT molecular complexity index is 756. The van der Waals surface area contributed by atoms with E-state index >= 15 is 0 Å². The monoisotopic (exact) mass is 321 g/mol. The van der Waals surface area contributed by atoms with Gasteiger partial charge in [-0.1, -0.05) is 30.4 Å². The number of nitrogens with zero attached hydrogens (tertiary/aromatic N) is 1. The molecule has 0 aliphatic carbocycles. The Labute approximate surface area is 129 Å². The van der Waals surface area contributed by atoms with Crippen LogP contribution in [0.15, 0.2) is 47.4 Å². The van der Waals surface area contributed by atoms with Gasteiger partial charge in [-0.05, 0) is 36.8 Å². The highest BCUT2D eigenvalue weighted by Crippen LogP contribution is 2.15. The van der Waals surface area contributed by atoms with Gasteiger partial charge in [-0.25, -0.2) is 13.4 Å². The molecule has 1 aromatic heterocycles. The van der Waals surface area contributed by atoms with Crippen LogP contribution >= 0.6 is 12.2 Å². The van der Waals surface area contributed by atoms with Crippen molar-refractivity contribution in [3.63, 3.8) is 0 Å². The normalized spacial score (nSPS) is 11.1. The van der Waals surface area contributed by atoms with Crippen LogP contribution in [0, 0.1) is 6.92 Å². The van der Waals surface area contributed by atoms with E-state index in [0.29, 0.717) is 17.2 Å². The third-order valence-electron chi connectivity index (χ3n) is 2.74. The van der Waals surface area contributed by atoms with E-state index in [0.717, 1.165) is 11.3 Å². The van der Waals surface area contributed by atoms with Gasteiger partial charge in [0.15, 0.2) is 0 Å². The van der Waals surface area contributed by atoms with Gasteiger partial charge in [0.25, 0.3) is 10.0 Å². The maximum Gasteiger partial charge on any atom is 0.263 e. The SMILES string of the molecule is Cc1cccc(NS(=O)(=O)c2ccc(CC(N)=S)cc2)n1. The molecule has 7 heteroatoms. The number of benzene rings is 1. The first-order chi connectivity index (χ1) is 9.87. The van der Waals surface area contributed by atoms with Gasteiger partial charge in [-0.2, -0.15) is 0 Å². The van der Waals surface area contributed by atoms with Crippen LogP contribution in [0.4, 0.5) is 5.82 Å². The largest absolute Gasteiger partial charge is 0.393 e. The van der Waals surface area contributed by atoms with Gasteiger partial charge in [0, 0.05) is 12.1 Å². The zero-order valence-corrected chi connectivity index (χ0v) is 13.0. The summed E-state index contributed by atoms with van der Waals surface area (Å²) in [6.07, 6.45) is 0.447. The van der Waals surface area contributed by atoms with E-state index in [1.165, 1.54) is 12.1 Å². The third kappa shape index (κ3) is 4.24. The molecule has 2 aromatic rings. The molecule has 0 saturated heterocycles. The lowest BCUT2D eigenvalue weighted by Crippen LogP contribution is -2.14. The lowest BCUT2D eigenvalue weighted by molar-refractivity contribution is 0.601. The molecular weight excluding hydrogens is 306 g/mol. The van der Waals surface area contributed by atoms with Crippen molar-refractivity contribution in [1.29, 1.82) is 0 Å². The highest BCUT2D eigenvalue weighted by molar-refractivity contribution is 7.92. The minimum absolute atomic E-state index is 0.164. The maximum absolute atomic E-state index is 12.2.